The molecular weight excluding hydrogens is 352 g/mol. The van der Waals surface area contributed by atoms with E-state index in [0.29, 0.717) is 12.8 Å². The third-order valence-electron chi connectivity index (χ3n) is 6.01. The van der Waals surface area contributed by atoms with Crippen molar-refractivity contribution in [3.63, 3.8) is 0 Å². The second-order valence-corrected chi connectivity index (χ2v) is 7.88. The van der Waals surface area contributed by atoms with Crippen molar-refractivity contribution < 1.29 is 19.1 Å². The summed E-state index contributed by atoms with van der Waals surface area (Å²) in [5, 5.41) is 0. The summed E-state index contributed by atoms with van der Waals surface area (Å²) in [5.41, 5.74) is 2.57. The van der Waals surface area contributed by atoms with Crippen molar-refractivity contribution in [3.05, 3.63) is 72.4 Å². The maximum absolute atomic E-state index is 13.0. The maximum atomic E-state index is 13.0. The number of ether oxygens (including phenoxy) is 2. The Hall–Kier alpha value is -2.62. The highest BCUT2D eigenvalue weighted by Crippen LogP contribution is 2.65. The van der Waals surface area contributed by atoms with Gasteiger partial charge in [-0.1, -0.05) is 66.8 Å². The predicted octanol–water partition coefficient (Wildman–Crippen LogP) is 4.59. The Bertz CT molecular complexity index is 777. The lowest BCUT2D eigenvalue weighted by Gasteiger charge is -2.45. The molecule has 0 spiro atoms. The summed E-state index contributed by atoms with van der Waals surface area (Å²) >= 11 is 0. The number of fused-ring (bicyclic) bond motifs is 1. The van der Waals surface area contributed by atoms with Crippen molar-refractivity contribution in [2.24, 2.45) is 17.3 Å². The van der Waals surface area contributed by atoms with Gasteiger partial charge in [0.1, 0.15) is 13.2 Å². The molecule has 2 aliphatic rings. The Morgan fingerprint density at radius 1 is 1.04 bits per heavy atom. The zero-order chi connectivity index (χ0) is 20.3. The van der Waals surface area contributed by atoms with Gasteiger partial charge in [-0.2, -0.15) is 0 Å². The summed E-state index contributed by atoms with van der Waals surface area (Å²) in [6.07, 6.45) is 3.91. The quantitative estimate of drug-likeness (QED) is 0.394. The van der Waals surface area contributed by atoms with Crippen molar-refractivity contribution in [2.75, 3.05) is 13.2 Å². The molecular formula is C24H28O4. The smallest absolute Gasteiger partial charge is 0.323 e. The van der Waals surface area contributed by atoms with Crippen molar-refractivity contribution in [3.8, 4) is 0 Å². The van der Waals surface area contributed by atoms with Crippen molar-refractivity contribution in [1.29, 1.82) is 0 Å². The number of esters is 2. The van der Waals surface area contributed by atoms with Crippen LogP contribution in [0.3, 0.4) is 0 Å². The SMILES string of the molecule is C=CCOC(=O)C1(C(=O)OCC=C)C[C@@H]2[C@H](C1)C(=C(C)C)[C@H]2c1ccccc1. The average molecular weight is 380 g/mol. The summed E-state index contributed by atoms with van der Waals surface area (Å²) in [6, 6.07) is 10.3. The van der Waals surface area contributed by atoms with E-state index in [1.165, 1.54) is 28.9 Å². The standard InChI is InChI=1S/C24H28O4/c1-5-12-27-22(25)24(23(26)28-13-6-2)14-18-19(15-24)21(20(18)16(3)4)17-10-8-7-9-11-17/h5-11,18-19,21H,1-2,12-15H2,3-4H3/t18-,19+,21-/m0/s1. The maximum Gasteiger partial charge on any atom is 0.323 e. The molecule has 0 N–H and O–H groups in total. The number of hydrogen-bond acceptors (Lipinski definition) is 4. The lowest BCUT2D eigenvalue weighted by molar-refractivity contribution is -0.171. The van der Waals surface area contributed by atoms with Gasteiger partial charge in [0.25, 0.3) is 0 Å². The number of rotatable bonds is 7. The van der Waals surface area contributed by atoms with Crippen LogP contribution in [-0.2, 0) is 19.1 Å². The molecule has 1 aromatic rings. The van der Waals surface area contributed by atoms with Gasteiger partial charge in [0, 0.05) is 5.92 Å². The van der Waals surface area contributed by atoms with E-state index in [9.17, 15) is 9.59 Å². The third-order valence-corrected chi connectivity index (χ3v) is 6.01. The zero-order valence-electron chi connectivity index (χ0n) is 16.6. The lowest BCUT2D eigenvalue weighted by Crippen LogP contribution is -2.40. The Balaban J connectivity index is 1.96. The van der Waals surface area contributed by atoms with Gasteiger partial charge in [0.05, 0.1) is 0 Å². The molecule has 2 aliphatic carbocycles. The minimum absolute atomic E-state index is 0.0856. The highest BCUT2D eigenvalue weighted by atomic mass is 16.6. The predicted molar refractivity (Wildman–Crippen MR) is 109 cm³/mol. The molecule has 0 aliphatic heterocycles. The Kier molecular flexibility index (Phi) is 5.87. The molecule has 1 aromatic carbocycles. The first-order valence-electron chi connectivity index (χ1n) is 9.74. The van der Waals surface area contributed by atoms with Crippen LogP contribution in [0.1, 0.15) is 38.2 Å². The molecule has 3 atom stereocenters. The summed E-state index contributed by atoms with van der Waals surface area (Å²) < 4.78 is 10.7. The average Bonchev–Trinajstić information content (AvgIpc) is 3.01. The molecule has 4 heteroatoms. The number of carbonyl (C=O) groups is 2. The highest BCUT2D eigenvalue weighted by Gasteiger charge is 2.64. The molecule has 3 rings (SSSR count). The number of hydrogen-bond donors (Lipinski definition) is 0. The minimum Gasteiger partial charge on any atom is -0.461 e. The van der Waals surface area contributed by atoms with Crippen molar-refractivity contribution >= 4 is 11.9 Å². The second-order valence-electron chi connectivity index (χ2n) is 7.88. The molecule has 0 radical (unpaired) electrons. The molecule has 4 nitrogen and oxygen atoms in total. The van der Waals surface area contributed by atoms with E-state index in [0.717, 1.165) is 0 Å². The number of carbonyl (C=O) groups excluding carboxylic acids is 2. The first-order valence-corrected chi connectivity index (χ1v) is 9.74. The normalized spacial score (nSPS) is 24.5. The van der Waals surface area contributed by atoms with Crippen LogP contribution >= 0.6 is 0 Å². The molecule has 0 amide bonds. The van der Waals surface area contributed by atoms with Crippen molar-refractivity contribution in [1.82, 2.24) is 0 Å². The fourth-order valence-electron chi connectivity index (χ4n) is 4.92. The van der Waals surface area contributed by atoms with E-state index in [2.05, 4.69) is 39.1 Å². The van der Waals surface area contributed by atoms with E-state index < -0.39 is 17.4 Å². The molecule has 0 bridgehead atoms. The van der Waals surface area contributed by atoms with E-state index >= 15 is 0 Å². The number of benzene rings is 1. The van der Waals surface area contributed by atoms with Gasteiger partial charge in [-0.15, -0.1) is 0 Å². The van der Waals surface area contributed by atoms with E-state index in [4.69, 9.17) is 9.47 Å². The fourth-order valence-corrected chi connectivity index (χ4v) is 4.92. The molecule has 2 saturated carbocycles. The topological polar surface area (TPSA) is 52.6 Å². The monoisotopic (exact) mass is 380 g/mol. The van der Waals surface area contributed by atoms with Gasteiger partial charge in [0.15, 0.2) is 5.41 Å². The van der Waals surface area contributed by atoms with E-state index in [1.807, 2.05) is 18.2 Å². The van der Waals surface area contributed by atoms with Crippen LogP contribution in [0.15, 0.2) is 66.8 Å². The van der Waals surface area contributed by atoms with Crippen LogP contribution in [-0.4, -0.2) is 25.2 Å². The highest BCUT2D eigenvalue weighted by molar-refractivity contribution is 6.01. The summed E-state index contributed by atoms with van der Waals surface area (Å²) in [4.78, 5) is 25.9. The van der Waals surface area contributed by atoms with Crippen LogP contribution in [0.4, 0.5) is 0 Å². The van der Waals surface area contributed by atoms with Crippen LogP contribution in [0.5, 0.6) is 0 Å². The van der Waals surface area contributed by atoms with Crippen LogP contribution in [0.25, 0.3) is 0 Å². The van der Waals surface area contributed by atoms with E-state index in [-0.39, 0.29) is 31.0 Å². The van der Waals surface area contributed by atoms with Crippen LogP contribution in [0, 0.1) is 17.3 Å². The summed E-state index contributed by atoms with van der Waals surface area (Å²) in [7, 11) is 0. The Labute approximate surface area is 166 Å². The lowest BCUT2D eigenvalue weighted by atomic mass is 9.59. The molecule has 0 aromatic heterocycles. The Morgan fingerprint density at radius 2 is 1.61 bits per heavy atom. The van der Waals surface area contributed by atoms with Crippen molar-refractivity contribution in [2.45, 2.75) is 32.6 Å². The van der Waals surface area contributed by atoms with Gasteiger partial charge in [-0.3, -0.25) is 9.59 Å². The molecule has 0 heterocycles. The molecule has 2 fully saturated rings. The Morgan fingerprint density at radius 3 is 2.11 bits per heavy atom. The first-order chi connectivity index (χ1) is 13.5. The van der Waals surface area contributed by atoms with Gasteiger partial charge in [-0.05, 0) is 44.1 Å². The fraction of sp³-hybridized carbons (Fsp3) is 0.417. The largest absolute Gasteiger partial charge is 0.461 e. The van der Waals surface area contributed by atoms with Gasteiger partial charge in [0.2, 0.25) is 0 Å². The first kappa shape index (κ1) is 20.1. The minimum atomic E-state index is -1.26. The molecule has 0 saturated heterocycles. The summed E-state index contributed by atoms with van der Waals surface area (Å²) in [6.45, 7) is 11.6. The van der Waals surface area contributed by atoms with Gasteiger partial charge in [-0.25, -0.2) is 0 Å². The second kappa shape index (κ2) is 8.17. The molecule has 148 valence electrons. The van der Waals surface area contributed by atoms with E-state index in [1.54, 1.807) is 0 Å². The van der Waals surface area contributed by atoms with Crippen LogP contribution < -0.4 is 0 Å². The number of allylic oxidation sites excluding steroid dienone is 2. The third kappa shape index (κ3) is 3.32. The zero-order valence-corrected chi connectivity index (χ0v) is 16.6. The van der Waals surface area contributed by atoms with Gasteiger partial charge >= 0.3 is 11.9 Å². The van der Waals surface area contributed by atoms with Crippen LogP contribution in [0.2, 0.25) is 0 Å². The molecule has 28 heavy (non-hydrogen) atoms. The summed E-state index contributed by atoms with van der Waals surface area (Å²) in [5.74, 6) is -0.355. The van der Waals surface area contributed by atoms with Gasteiger partial charge < -0.3 is 9.47 Å². The molecule has 0 unspecified atom stereocenters.